The molecule has 21 heavy (non-hydrogen) atoms. The molecule has 2 aromatic carbocycles. The average Bonchev–Trinajstić information content (AvgIpc) is 2.48. The highest BCUT2D eigenvalue weighted by atomic mass is 79.9. The predicted octanol–water partition coefficient (Wildman–Crippen LogP) is 4.95. The second kappa shape index (κ2) is 7.87. The first-order valence-corrected chi connectivity index (χ1v) is 8.67. The van der Waals surface area contributed by atoms with Gasteiger partial charge in [0.25, 0.3) is 0 Å². The normalized spacial score (nSPS) is 10.2. The number of methoxy groups -OCH3 is 1. The van der Waals surface area contributed by atoms with Gasteiger partial charge in [0.1, 0.15) is 5.75 Å². The largest absolute Gasteiger partial charge is 0.497 e. The van der Waals surface area contributed by atoms with Crippen LogP contribution in [0.4, 0.5) is 5.69 Å². The standard InChI is InChI=1S/C15H13Br2NO2S/c1-20-11-3-2-4-12(8-11)21-9-15(19)18-14-6-5-10(16)7-13(14)17/h2-8H,9H2,1H3,(H,18,19). The molecular weight excluding hydrogens is 418 g/mol. The monoisotopic (exact) mass is 429 g/mol. The van der Waals surface area contributed by atoms with Crippen LogP contribution in [-0.2, 0) is 4.79 Å². The Bertz CT molecular complexity index is 649. The summed E-state index contributed by atoms with van der Waals surface area (Å²) in [5.74, 6) is 1.08. The fourth-order valence-corrected chi connectivity index (χ4v) is 3.51. The van der Waals surface area contributed by atoms with Crippen LogP contribution in [0, 0.1) is 0 Å². The van der Waals surface area contributed by atoms with Crippen molar-refractivity contribution < 1.29 is 9.53 Å². The van der Waals surface area contributed by atoms with E-state index in [2.05, 4.69) is 37.2 Å². The lowest BCUT2D eigenvalue weighted by atomic mass is 10.3. The first-order chi connectivity index (χ1) is 10.1. The third-order valence-electron chi connectivity index (χ3n) is 2.62. The quantitative estimate of drug-likeness (QED) is 0.682. The number of benzene rings is 2. The molecule has 0 fully saturated rings. The van der Waals surface area contributed by atoms with E-state index in [1.165, 1.54) is 11.8 Å². The molecule has 0 aromatic heterocycles. The van der Waals surface area contributed by atoms with Gasteiger partial charge in [-0.15, -0.1) is 11.8 Å². The summed E-state index contributed by atoms with van der Waals surface area (Å²) in [5.41, 5.74) is 0.759. The first-order valence-electron chi connectivity index (χ1n) is 6.10. The molecule has 2 rings (SSSR count). The molecule has 0 bridgehead atoms. The molecule has 2 aromatic rings. The molecule has 0 saturated heterocycles. The minimum absolute atomic E-state index is 0.0501. The van der Waals surface area contributed by atoms with E-state index in [9.17, 15) is 4.79 Å². The van der Waals surface area contributed by atoms with Crippen LogP contribution in [0.3, 0.4) is 0 Å². The minimum Gasteiger partial charge on any atom is -0.497 e. The van der Waals surface area contributed by atoms with Gasteiger partial charge in [0.15, 0.2) is 0 Å². The minimum atomic E-state index is -0.0501. The Morgan fingerprint density at radius 1 is 1.24 bits per heavy atom. The maximum Gasteiger partial charge on any atom is 0.234 e. The molecule has 0 saturated carbocycles. The van der Waals surface area contributed by atoms with Crippen LogP contribution in [0.5, 0.6) is 5.75 Å². The molecule has 6 heteroatoms. The number of anilines is 1. The van der Waals surface area contributed by atoms with Crippen molar-refractivity contribution in [2.45, 2.75) is 4.90 Å². The van der Waals surface area contributed by atoms with Crippen molar-refractivity contribution >= 4 is 55.2 Å². The Hall–Kier alpha value is -0.980. The number of hydrogen-bond donors (Lipinski definition) is 1. The second-order valence-electron chi connectivity index (χ2n) is 4.14. The van der Waals surface area contributed by atoms with Crippen molar-refractivity contribution in [2.75, 3.05) is 18.2 Å². The number of ether oxygens (including phenoxy) is 1. The van der Waals surface area contributed by atoms with Crippen molar-refractivity contribution in [3.63, 3.8) is 0 Å². The highest BCUT2D eigenvalue weighted by Crippen LogP contribution is 2.27. The number of thioether (sulfide) groups is 1. The molecule has 0 aliphatic rings. The second-order valence-corrected chi connectivity index (χ2v) is 6.96. The van der Waals surface area contributed by atoms with Gasteiger partial charge < -0.3 is 10.1 Å². The molecule has 110 valence electrons. The van der Waals surface area contributed by atoms with Gasteiger partial charge in [-0.25, -0.2) is 0 Å². The number of hydrogen-bond acceptors (Lipinski definition) is 3. The predicted molar refractivity (Wildman–Crippen MR) is 94.2 cm³/mol. The van der Waals surface area contributed by atoms with Crippen molar-refractivity contribution in [1.82, 2.24) is 0 Å². The summed E-state index contributed by atoms with van der Waals surface area (Å²) in [5, 5.41) is 2.88. The summed E-state index contributed by atoms with van der Waals surface area (Å²) in [6, 6.07) is 13.3. The van der Waals surface area contributed by atoms with Crippen LogP contribution >= 0.6 is 43.6 Å². The topological polar surface area (TPSA) is 38.3 Å². The number of halogens is 2. The number of amides is 1. The lowest BCUT2D eigenvalue weighted by Crippen LogP contribution is -2.14. The number of nitrogens with one attached hydrogen (secondary N) is 1. The van der Waals surface area contributed by atoms with E-state index in [-0.39, 0.29) is 5.91 Å². The van der Waals surface area contributed by atoms with E-state index < -0.39 is 0 Å². The van der Waals surface area contributed by atoms with Crippen LogP contribution in [0.2, 0.25) is 0 Å². The van der Waals surface area contributed by atoms with Gasteiger partial charge in [-0.3, -0.25) is 4.79 Å². The summed E-state index contributed by atoms with van der Waals surface area (Å²) < 4.78 is 6.96. The molecular formula is C15H13Br2NO2S. The van der Waals surface area contributed by atoms with Gasteiger partial charge >= 0.3 is 0 Å². The lowest BCUT2D eigenvalue weighted by Gasteiger charge is -2.08. The zero-order valence-electron chi connectivity index (χ0n) is 11.2. The van der Waals surface area contributed by atoms with Gasteiger partial charge in [0, 0.05) is 13.8 Å². The summed E-state index contributed by atoms with van der Waals surface area (Å²) in [6.07, 6.45) is 0. The smallest absolute Gasteiger partial charge is 0.234 e. The van der Waals surface area contributed by atoms with Crippen LogP contribution in [0.1, 0.15) is 0 Å². The van der Waals surface area contributed by atoms with Crippen molar-refractivity contribution in [1.29, 1.82) is 0 Å². The Kier molecular flexibility index (Phi) is 6.14. The van der Waals surface area contributed by atoms with E-state index in [1.807, 2.05) is 42.5 Å². The highest BCUT2D eigenvalue weighted by Gasteiger charge is 2.07. The van der Waals surface area contributed by atoms with E-state index in [4.69, 9.17) is 4.74 Å². The third-order valence-corrected chi connectivity index (χ3v) is 4.76. The van der Waals surface area contributed by atoms with E-state index in [0.29, 0.717) is 5.75 Å². The number of carbonyl (C=O) groups is 1. The van der Waals surface area contributed by atoms with Crippen LogP contribution in [0.25, 0.3) is 0 Å². The Morgan fingerprint density at radius 3 is 2.76 bits per heavy atom. The molecule has 0 radical (unpaired) electrons. The molecule has 3 nitrogen and oxygen atoms in total. The fraction of sp³-hybridized carbons (Fsp3) is 0.133. The summed E-state index contributed by atoms with van der Waals surface area (Å²) >= 11 is 8.27. The van der Waals surface area contributed by atoms with Crippen molar-refractivity contribution in [2.24, 2.45) is 0 Å². The molecule has 0 spiro atoms. The van der Waals surface area contributed by atoms with E-state index in [0.717, 1.165) is 25.3 Å². The first kappa shape index (κ1) is 16.4. The van der Waals surface area contributed by atoms with Crippen LogP contribution in [-0.4, -0.2) is 18.8 Å². The fourth-order valence-electron chi connectivity index (χ4n) is 1.62. The van der Waals surface area contributed by atoms with E-state index in [1.54, 1.807) is 7.11 Å². The highest BCUT2D eigenvalue weighted by molar-refractivity contribution is 9.11. The third kappa shape index (κ3) is 5.05. The zero-order valence-corrected chi connectivity index (χ0v) is 15.2. The SMILES string of the molecule is COc1cccc(SCC(=O)Nc2ccc(Br)cc2Br)c1. The molecule has 0 aliphatic heterocycles. The van der Waals surface area contributed by atoms with Crippen LogP contribution < -0.4 is 10.1 Å². The Balaban J connectivity index is 1.92. The summed E-state index contributed by atoms with van der Waals surface area (Å²) in [7, 11) is 1.63. The van der Waals surface area contributed by atoms with Gasteiger partial charge in [-0.1, -0.05) is 22.0 Å². The number of carbonyl (C=O) groups excluding carboxylic acids is 1. The molecule has 0 heterocycles. The summed E-state index contributed by atoms with van der Waals surface area (Å²) in [6.45, 7) is 0. The zero-order chi connectivity index (χ0) is 15.2. The lowest BCUT2D eigenvalue weighted by molar-refractivity contribution is -0.113. The van der Waals surface area contributed by atoms with Gasteiger partial charge in [-0.05, 0) is 52.3 Å². The molecule has 1 N–H and O–H groups in total. The van der Waals surface area contributed by atoms with Crippen molar-refractivity contribution in [3.05, 3.63) is 51.4 Å². The summed E-state index contributed by atoms with van der Waals surface area (Å²) in [4.78, 5) is 13.0. The molecule has 0 aliphatic carbocycles. The van der Waals surface area contributed by atoms with Crippen LogP contribution in [0.15, 0.2) is 56.3 Å². The Morgan fingerprint density at radius 2 is 2.05 bits per heavy atom. The maximum atomic E-state index is 12.0. The van der Waals surface area contributed by atoms with Gasteiger partial charge in [0.05, 0.1) is 18.6 Å². The number of rotatable bonds is 5. The molecule has 0 atom stereocenters. The Labute approximate surface area is 144 Å². The van der Waals surface area contributed by atoms with Gasteiger partial charge in [0.2, 0.25) is 5.91 Å². The molecule has 0 unspecified atom stereocenters. The van der Waals surface area contributed by atoms with E-state index >= 15 is 0 Å². The van der Waals surface area contributed by atoms with Crippen molar-refractivity contribution in [3.8, 4) is 5.75 Å². The maximum absolute atomic E-state index is 12.0. The average molecular weight is 431 g/mol. The molecule has 1 amide bonds. The van der Waals surface area contributed by atoms with Gasteiger partial charge in [-0.2, -0.15) is 0 Å².